The highest BCUT2D eigenvalue weighted by molar-refractivity contribution is 5.87. The molecule has 3 N–H and O–H groups in total. The third-order valence-corrected chi connectivity index (χ3v) is 4.02. The van der Waals surface area contributed by atoms with Crippen molar-refractivity contribution < 1.29 is 24.1 Å². The van der Waals surface area contributed by atoms with E-state index in [0.717, 1.165) is 49.3 Å². The third kappa shape index (κ3) is 11.8. The molecule has 0 spiro atoms. The maximum atomic E-state index is 10.7. The molecule has 0 fully saturated rings. The monoisotopic (exact) mass is 415 g/mol. The maximum Gasteiger partial charge on any atom is 0.335 e. The summed E-state index contributed by atoms with van der Waals surface area (Å²) < 4.78 is 15.9. The molecule has 0 unspecified atom stereocenters. The summed E-state index contributed by atoms with van der Waals surface area (Å²) in [4.78, 5) is 10.7. The highest BCUT2D eigenvalue weighted by Crippen LogP contribution is 2.13. The van der Waals surface area contributed by atoms with E-state index in [1.54, 1.807) is 43.5 Å². The molecule has 0 aliphatic carbocycles. The van der Waals surface area contributed by atoms with Crippen LogP contribution in [-0.4, -0.2) is 38.0 Å². The summed E-state index contributed by atoms with van der Waals surface area (Å²) >= 11 is 0. The quantitative estimate of drug-likeness (QED) is 0.281. The number of benzene rings is 2. The van der Waals surface area contributed by atoms with Crippen molar-refractivity contribution in [2.24, 2.45) is 0 Å². The van der Waals surface area contributed by atoms with Gasteiger partial charge in [0, 0.05) is 12.3 Å². The molecule has 6 heteroatoms. The average Bonchev–Trinajstić information content (AvgIpc) is 2.73. The maximum absolute atomic E-state index is 10.7. The first kappa shape index (κ1) is 25.0. The molecule has 0 saturated carbocycles. The molecule has 0 aliphatic rings. The Bertz CT molecular complexity index is 741. The average molecular weight is 416 g/mol. The molecule has 0 radical (unpaired) electrons. The van der Waals surface area contributed by atoms with E-state index in [1.165, 1.54) is 0 Å². The number of aromatic carboxylic acids is 1. The topological polar surface area (TPSA) is 91.0 Å². The van der Waals surface area contributed by atoms with Gasteiger partial charge in [-0.3, -0.25) is 0 Å². The Morgan fingerprint density at radius 3 is 2.03 bits per heavy atom. The van der Waals surface area contributed by atoms with Crippen molar-refractivity contribution in [1.29, 1.82) is 0 Å². The smallest absolute Gasteiger partial charge is 0.335 e. The van der Waals surface area contributed by atoms with Gasteiger partial charge in [0.15, 0.2) is 0 Å². The molecule has 2 rings (SSSR count). The lowest BCUT2D eigenvalue weighted by Crippen LogP contribution is -2.00. The zero-order valence-corrected chi connectivity index (χ0v) is 17.9. The van der Waals surface area contributed by atoms with Gasteiger partial charge >= 0.3 is 5.97 Å². The third-order valence-electron chi connectivity index (χ3n) is 4.02. The van der Waals surface area contributed by atoms with Gasteiger partial charge in [-0.25, -0.2) is 4.79 Å². The van der Waals surface area contributed by atoms with E-state index in [4.69, 9.17) is 25.1 Å². The highest BCUT2D eigenvalue weighted by Gasteiger charge is 2.01. The Labute approximate surface area is 179 Å². The number of nitrogen functional groups attached to an aromatic ring is 1. The fraction of sp³-hybridized carbons (Fsp3) is 0.375. The molecular weight excluding hydrogens is 382 g/mol. The normalized spacial score (nSPS) is 9.93. The number of anilines is 1. The molecule has 0 atom stereocenters. The second-order valence-electron chi connectivity index (χ2n) is 6.88. The molecule has 30 heavy (non-hydrogen) atoms. The van der Waals surface area contributed by atoms with Crippen LogP contribution in [-0.2, 0) is 4.74 Å². The van der Waals surface area contributed by atoms with E-state index < -0.39 is 5.97 Å². The number of ether oxygens (including phenoxy) is 3. The van der Waals surface area contributed by atoms with Crippen molar-refractivity contribution in [2.45, 2.75) is 32.6 Å². The number of carboxylic acid groups (broad SMARTS) is 1. The molecular formula is C24H33NO5. The highest BCUT2D eigenvalue weighted by atomic mass is 16.5. The van der Waals surface area contributed by atoms with Crippen LogP contribution in [0.3, 0.4) is 0 Å². The van der Waals surface area contributed by atoms with Crippen LogP contribution in [0.15, 0.2) is 60.7 Å². The van der Waals surface area contributed by atoms with Crippen molar-refractivity contribution in [3.8, 4) is 11.5 Å². The van der Waals surface area contributed by atoms with Gasteiger partial charge in [0.2, 0.25) is 0 Å². The van der Waals surface area contributed by atoms with Crippen molar-refractivity contribution in [3.05, 3.63) is 66.2 Å². The minimum absolute atomic E-state index is 0.275. The summed E-state index contributed by atoms with van der Waals surface area (Å²) in [6.07, 6.45) is 4.27. The second kappa shape index (κ2) is 14.9. The molecule has 0 aliphatic heterocycles. The predicted molar refractivity (Wildman–Crippen MR) is 120 cm³/mol. The van der Waals surface area contributed by atoms with Gasteiger partial charge in [-0.05, 0) is 74.7 Å². The Kier molecular flexibility index (Phi) is 12.5. The number of methoxy groups -OCH3 is 1. The molecule has 0 aromatic heterocycles. The molecule has 0 saturated heterocycles. The van der Waals surface area contributed by atoms with Crippen molar-refractivity contribution in [2.75, 3.05) is 32.7 Å². The van der Waals surface area contributed by atoms with Crippen LogP contribution in [0.5, 0.6) is 11.5 Å². The molecule has 2 aromatic carbocycles. The number of rotatable bonds is 12. The zero-order chi connectivity index (χ0) is 22.2. The Morgan fingerprint density at radius 2 is 1.50 bits per heavy atom. The van der Waals surface area contributed by atoms with E-state index in [2.05, 4.69) is 6.58 Å². The molecule has 164 valence electrons. The van der Waals surface area contributed by atoms with Gasteiger partial charge in [-0.1, -0.05) is 18.6 Å². The van der Waals surface area contributed by atoms with Crippen molar-refractivity contribution in [1.82, 2.24) is 0 Å². The minimum atomic E-state index is -0.921. The molecule has 0 amide bonds. The van der Waals surface area contributed by atoms with Gasteiger partial charge in [0.05, 0.1) is 25.9 Å². The minimum Gasteiger partial charge on any atom is -0.497 e. The number of hydrogen-bond donors (Lipinski definition) is 2. The van der Waals surface area contributed by atoms with Crippen LogP contribution in [0.25, 0.3) is 0 Å². The van der Waals surface area contributed by atoms with Crippen LogP contribution < -0.4 is 15.2 Å². The fourth-order valence-electron chi connectivity index (χ4n) is 2.39. The standard InChI is InChI=1S/C17H24O4.C7H9NO/c1-14(2)13-20-11-5-3-4-6-12-21-16-9-7-15(8-10-16)17(18)19;1-9-7-4-2-6(8)3-5-7/h7-10H,1,3-6,11-13H2,2H3,(H,18,19);2-5H,8H2,1H3. The van der Waals surface area contributed by atoms with Crippen LogP contribution >= 0.6 is 0 Å². The van der Waals surface area contributed by atoms with Crippen LogP contribution in [0.4, 0.5) is 5.69 Å². The van der Waals surface area contributed by atoms with E-state index in [9.17, 15) is 4.79 Å². The SMILES string of the molecule is C=C(C)COCCCCCCOc1ccc(C(=O)O)cc1.COc1ccc(N)cc1. The summed E-state index contributed by atoms with van der Waals surface area (Å²) in [7, 11) is 1.63. The number of nitrogens with two attached hydrogens (primary N) is 1. The lowest BCUT2D eigenvalue weighted by molar-refractivity contribution is 0.0697. The number of hydrogen-bond acceptors (Lipinski definition) is 5. The van der Waals surface area contributed by atoms with Crippen LogP contribution in [0.1, 0.15) is 43.0 Å². The Morgan fingerprint density at radius 1 is 0.933 bits per heavy atom. The van der Waals surface area contributed by atoms with Gasteiger partial charge < -0.3 is 25.1 Å². The largest absolute Gasteiger partial charge is 0.497 e. The first-order valence-corrected chi connectivity index (χ1v) is 10.00. The number of unbranched alkanes of at least 4 members (excludes halogenated alkanes) is 3. The van der Waals surface area contributed by atoms with Gasteiger partial charge in [-0.2, -0.15) is 0 Å². The molecule has 6 nitrogen and oxygen atoms in total. The Balaban J connectivity index is 0.000000414. The van der Waals surface area contributed by atoms with Crippen molar-refractivity contribution >= 4 is 11.7 Å². The van der Waals surface area contributed by atoms with Gasteiger partial charge in [0.1, 0.15) is 11.5 Å². The van der Waals surface area contributed by atoms with E-state index in [1.807, 2.05) is 19.1 Å². The molecule has 0 heterocycles. The Hall–Kier alpha value is -2.99. The molecule has 0 bridgehead atoms. The molecule has 2 aromatic rings. The summed E-state index contributed by atoms with van der Waals surface area (Å²) in [6.45, 7) is 7.82. The van der Waals surface area contributed by atoms with Crippen molar-refractivity contribution in [3.63, 3.8) is 0 Å². The number of carboxylic acids is 1. The summed E-state index contributed by atoms with van der Waals surface area (Å²) in [5.74, 6) is 0.629. The number of carbonyl (C=O) groups is 1. The van der Waals surface area contributed by atoms with Crippen LogP contribution in [0, 0.1) is 0 Å². The summed E-state index contributed by atoms with van der Waals surface area (Å²) in [5, 5.41) is 8.78. The predicted octanol–water partition coefficient (Wildman–Crippen LogP) is 5.19. The second-order valence-corrected chi connectivity index (χ2v) is 6.88. The van der Waals surface area contributed by atoms with Gasteiger partial charge in [-0.15, -0.1) is 0 Å². The van der Waals surface area contributed by atoms with Gasteiger partial charge in [0.25, 0.3) is 0 Å². The lowest BCUT2D eigenvalue weighted by Gasteiger charge is -2.07. The van der Waals surface area contributed by atoms with E-state index >= 15 is 0 Å². The lowest BCUT2D eigenvalue weighted by atomic mass is 10.2. The fourth-order valence-corrected chi connectivity index (χ4v) is 2.39. The zero-order valence-electron chi connectivity index (χ0n) is 17.9. The summed E-state index contributed by atoms with van der Waals surface area (Å²) in [6, 6.07) is 13.7. The van der Waals surface area contributed by atoms with Crippen LogP contribution in [0.2, 0.25) is 0 Å². The van der Waals surface area contributed by atoms with E-state index in [0.29, 0.717) is 19.0 Å². The summed E-state index contributed by atoms with van der Waals surface area (Å²) in [5.41, 5.74) is 7.51. The van der Waals surface area contributed by atoms with E-state index in [-0.39, 0.29) is 5.56 Å². The first-order chi connectivity index (χ1) is 14.4. The first-order valence-electron chi connectivity index (χ1n) is 10.00.